The van der Waals surface area contributed by atoms with Crippen LogP contribution in [0.1, 0.15) is 12.5 Å². The highest BCUT2D eigenvalue weighted by Gasteiger charge is 2.03. The SMILES string of the molecule is CC(CN=C(N)NCCc1ccccc1)Sc1ccccc1.I. The lowest BCUT2D eigenvalue weighted by Crippen LogP contribution is -2.33. The number of nitrogens with zero attached hydrogens (tertiary/aromatic N) is 1. The van der Waals surface area contributed by atoms with Gasteiger partial charge in [0.25, 0.3) is 0 Å². The van der Waals surface area contributed by atoms with Crippen LogP contribution >= 0.6 is 35.7 Å². The number of nitrogens with two attached hydrogens (primary N) is 1. The van der Waals surface area contributed by atoms with Gasteiger partial charge in [0, 0.05) is 16.7 Å². The van der Waals surface area contributed by atoms with Crippen molar-refractivity contribution in [2.24, 2.45) is 10.7 Å². The second-order valence-corrected chi connectivity index (χ2v) is 6.64. The van der Waals surface area contributed by atoms with Gasteiger partial charge in [0.2, 0.25) is 0 Å². The van der Waals surface area contributed by atoms with Crippen LogP contribution in [0.2, 0.25) is 0 Å². The van der Waals surface area contributed by atoms with Crippen molar-refractivity contribution < 1.29 is 0 Å². The van der Waals surface area contributed by atoms with Gasteiger partial charge in [0.1, 0.15) is 0 Å². The molecule has 0 aliphatic heterocycles. The zero-order valence-corrected chi connectivity index (χ0v) is 16.5. The van der Waals surface area contributed by atoms with Crippen molar-refractivity contribution in [3.05, 3.63) is 66.2 Å². The molecule has 2 rings (SSSR count). The maximum Gasteiger partial charge on any atom is 0.188 e. The Bertz CT molecular complexity index is 575. The zero-order valence-electron chi connectivity index (χ0n) is 13.3. The molecule has 0 aliphatic rings. The number of aliphatic imine (C=N–C) groups is 1. The molecular formula is C18H24IN3S. The number of thioether (sulfide) groups is 1. The fraction of sp³-hybridized carbons (Fsp3) is 0.278. The smallest absolute Gasteiger partial charge is 0.188 e. The fourth-order valence-corrected chi connectivity index (χ4v) is 2.96. The van der Waals surface area contributed by atoms with E-state index in [0.29, 0.717) is 17.8 Å². The Morgan fingerprint density at radius 2 is 1.70 bits per heavy atom. The van der Waals surface area contributed by atoms with Crippen LogP contribution in [0.25, 0.3) is 0 Å². The molecule has 0 aromatic heterocycles. The fourth-order valence-electron chi connectivity index (χ4n) is 2.03. The van der Waals surface area contributed by atoms with E-state index in [9.17, 15) is 0 Å². The van der Waals surface area contributed by atoms with Gasteiger partial charge in [-0.2, -0.15) is 0 Å². The van der Waals surface area contributed by atoms with Crippen molar-refractivity contribution in [2.75, 3.05) is 13.1 Å². The Morgan fingerprint density at radius 1 is 1.09 bits per heavy atom. The van der Waals surface area contributed by atoms with E-state index < -0.39 is 0 Å². The predicted molar refractivity (Wildman–Crippen MR) is 112 cm³/mol. The minimum absolute atomic E-state index is 0. The third-order valence-corrected chi connectivity index (χ3v) is 4.26. The summed E-state index contributed by atoms with van der Waals surface area (Å²) >= 11 is 1.82. The summed E-state index contributed by atoms with van der Waals surface area (Å²) in [6.07, 6.45) is 0.950. The van der Waals surface area contributed by atoms with Gasteiger partial charge < -0.3 is 11.1 Å². The van der Waals surface area contributed by atoms with E-state index in [0.717, 1.165) is 13.0 Å². The van der Waals surface area contributed by atoms with E-state index >= 15 is 0 Å². The Balaban J connectivity index is 0.00000264. The van der Waals surface area contributed by atoms with Gasteiger partial charge in [-0.3, -0.25) is 4.99 Å². The first-order valence-electron chi connectivity index (χ1n) is 7.53. The number of benzene rings is 2. The summed E-state index contributed by atoms with van der Waals surface area (Å²) in [5.74, 6) is 0.524. The van der Waals surface area contributed by atoms with Crippen molar-refractivity contribution in [3.63, 3.8) is 0 Å². The van der Waals surface area contributed by atoms with Gasteiger partial charge in [-0.1, -0.05) is 55.5 Å². The number of guanidine groups is 1. The highest BCUT2D eigenvalue weighted by molar-refractivity contribution is 14.0. The van der Waals surface area contributed by atoms with Gasteiger partial charge in [0.15, 0.2) is 5.96 Å². The first-order chi connectivity index (χ1) is 10.7. The normalized spacial score (nSPS) is 12.3. The second-order valence-electron chi connectivity index (χ2n) is 5.13. The van der Waals surface area contributed by atoms with Gasteiger partial charge in [-0.25, -0.2) is 0 Å². The molecule has 0 aliphatic carbocycles. The van der Waals surface area contributed by atoms with E-state index in [2.05, 4.69) is 65.8 Å². The summed E-state index contributed by atoms with van der Waals surface area (Å²) in [5, 5.41) is 3.57. The molecule has 0 spiro atoms. The molecule has 0 amide bonds. The van der Waals surface area contributed by atoms with Crippen molar-refractivity contribution in [2.45, 2.75) is 23.5 Å². The van der Waals surface area contributed by atoms with E-state index in [1.807, 2.05) is 23.9 Å². The minimum Gasteiger partial charge on any atom is -0.370 e. The average Bonchev–Trinajstić information content (AvgIpc) is 2.55. The summed E-state index contributed by atoms with van der Waals surface area (Å²) in [7, 11) is 0. The maximum atomic E-state index is 5.91. The van der Waals surface area contributed by atoms with Crippen molar-refractivity contribution in [3.8, 4) is 0 Å². The van der Waals surface area contributed by atoms with E-state index in [-0.39, 0.29) is 24.0 Å². The molecule has 5 heteroatoms. The summed E-state index contributed by atoms with van der Waals surface area (Å²) in [4.78, 5) is 5.68. The zero-order chi connectivity index (χ0) is 15.6. The summed E-state index contributed by atoms with van der Waals surface area (Å²) in [6.45, 7) is 3.68. The van der Waals surface area contributed by atoms with Crippen molar-refractivity contribution in [1.82, 2.24) is 5.32 Å². The number of halogens is 1. The Morgan fingerprint density at radius 3 is 2.35 bits per heavy atom. The van der Waals surface area contributed by atoms with Crippen LogP contribution < -0.4 is 11.1 Å². The van der Waals surface area contributed by atoms with Crippen LogP contribution in [0.3, 0.4) is 0 Å². The third-order valence-electron chi connectivity index (χ3n) is 3.16. The Kier molecular flexibility index (Phi) is 9.78. The first kappa shape index (κ1) is 19.8. The molecule has 0 saturated carbocycles. The van der Waals surface area contributed by atoms with Crippen molar-refractivity contribution >= 4 is 41.7 Å². The topological polar surface area (TPSA) is 50.4 Å². The molecule has 0 heterocycles. The summed E-state index contributed by atoms with van der Waals surface area (Å²) < 4.78 is 0. The first-order valence-corrected chi connectivity index (χ1v) is 8.41. The molecule has 0 radical (unpaired) electrons. The van der Waals surface area contributed by atoms with Crippen LogP contribution in [0, 0.1) is 0 Å². The van der Waals surface area contributed by atoms with Gasteiger partial charge in [0.05, 0.1) is 6.54 Å². The van der Waals surface area contributed by atoms with E-state index in [1.165, 1.54) is 10.5 Å². The highest BCUT2D eigenvalue weighted by atomic mass is 127. The Hall–Kier alpha value is -1.21. The van der Waals surface area contributed by atoms with E-state index in [1.54, 1.807) is 0 Å². The molecule has 0 saturated heterocycles. The summed E-state index contributed by atoms with van der Waals surface area (Å²) in [5.41, 5.74) is 7.21. The number of nitrogens with one attached hydrogen (secondary N) is 1. The van der Waals surface area contributed by atoms with Gasteiger partial charge in [-0.05, 0) is 24.1 Å². The molecule has 1 unspecified atom stereocenters. The maximum absolute atomic E-state index is 5.91. The molecule has 3 N–H and O–H groups in total. The monoisotopic (exact) mass is 441 g/mol. The van der Waals surface area contributed by atoms with E-state index in [4.69, 9.17) is 5.73 Å². The Labute approximate surface area is 160 Å². The van der Waals surface area contributed by atoms with Crippen LogP contribution in [0.4, 0.5) is 0 Å². The van der Waals surface area contributed by atoms with Crippen molar-refractivity contribution in [1.29, 1.82) is 0 Å². The number of hydrogen-bond donors (Lipinski definition) is 2. The van der Waals surface area contributed by atoms with Crippen LogP contribution in [-0.2, 0) is 6.42 Å². The molecule has 3 nitrogen and oxygen atoms in total. The van der Waals surface area contributed by atoms with Crippen LogP contribution in [0.5, 0.6) is 0 Å². The molecule has 0 bridgehead atoms. The second kappa shape index (κ2) is 11.3. The standard InChI is InChI=1S/C18H23N3S.HI/c1-15(22-17-10-6-3-7-11-17)14-21-18(19)20-13-12-16-8-4-2-5-9-16;/h2-11,15H,12-14H2,1H3,(H3,19,20,21);1H. The lowest BCUT2D eigenvalue weighted by molar-refractivity contribution is 0.842. The lowest BCUT2D eigenvalue weighted by Gasteiger charge is -2.10. The van der Waals surface area contributed by atoms with Gasteiger partial charge in [-0.15, -0.1) is 35.7 Å². The minimum atomic E-state index is 0. The molecular weight excluding hydrogens is 417 g/mol. The molecule has 1 atom stereocenters. The molecule has 2 aromatic carbocycles. The molecule has 124 valence electrons. The largest absolute Gasteiger partial charge is 0.370 e. The third kappa shape index (κ3) is 8.27. The average molecular weight is 441 g/mol. The molecule has 0 fully saturated rings. The summed E-state index contributed by atoms with van der Waals surface area (Å²) in [6, 6.07) is 20.7. The van der Waals surface area contributed by atoms with Crippen LogP contribution in [0.15, 0.2) is 70.6 Å². The number of hydrogen-bond acceptors (Lipinski definition) is 2. The highest BCUT2D eigenvalue weighted by Crippen LogP contribution is 2.22. The molecule has 2 aromatic rings. The van der Waals surface area contributed by atoms with Gasteiger partial charge >= 0.3 is 0 Å². The van der Waals surface area contributed by atoms with Crippen LogP contribution in [-0.4, -0.2) is 24.3 Å². The quantitative estimate of drug-likeness (QED) is 0.296. The number of rotatable bonds is 7. The molecule has 23 heavy (non-hydrogen) atoms. The lowest BCUT2D eigenvalue weighted by atomic mass is 10.1. The predicted octanol–water partition coefficient (Wildman–Crippen LogP) is 3.93.